The summed E-state index contributed by atoms with van der Waals surface area (Å²) in [5.41, 5.74) is 1.87. The van der Waals surface area contributed by atoms with Crippen LogP contribution in [0.25, 0.3) is 0 Å². The summed E-state index contributed by atoms with van der Waals surface area (Å²) < 4.78 is 19.4. The van der Waals surface area contributed by atoms with Gasteiger partial charge in [0, 0.05) is 12.1 Å². The Bertz CT molecular complexity index is 558. The molecule has 0 bridgehead atoms. The van der Waals surface area contributed by atoms with Crippen molar-refractivity contribution in [1.29, 1.82) is 0 Å². The molecule has 1 aromatic heterocycles. The van der Waals surface area contributed by atoms with Crippen LogP contribution in [0, 0.1) is 5.82 Å². The van der Waals surface area contributed by atoms with Gasteiger partial charge >= 0.3 is 0 Å². The van der Waals surface area contributed by atoms with Gasteiger partial charge in [0.05, 0.1) is 16.6 Å². The maximum atomic E-state index is 13.2. The Morgan fingerprint density at radius 1 is 1.42 bits per heavy atom. The van der Waals surface area contributed by atoms with Gasteiger partial charge in [0.1, 0.15) is 11.6 Å². The highest BCUT2D eigenvalue weighted by atomic mass is 35.5. The molecule has 0 fully saturated rings. The molecule has 0 saturated heterocycles. The van der Waals surface area contributed by atoms with E-state index in [-0.39, 0.29) is 11.9 Å². The first-order valence-corrected chi connectivity index (χ1v) is 7.28. The second-order valence-electron chi connectivity index (χ2n) is 4.12. The normalized spacial score (nSPS) is 12.2. The molecular weight excluding hydrogens is 285 g/mol. The monoisotopic (exact) mass is 299 g/mol. The molecule has 102 valence electrons. The van der Waals surface area contributed by atoms with Crippen LogP contribution in [0.3, 0.4) is 0 Å². The third kappa shape index (κ3) is 3.61. The topological polar surface area (TPSA) is 21.3 Å². The second-order valence-corrected chi connectivity index (χ2v) is 5.67. The third-order valence-electron chi connectivity index (χ3n) is 2.70. The summed E-state index contributed by atoms with van der Waals surface area (Å²) >= 11 is 7.42. The summed E-state index contributed by atoms with van der Waals surface area (Å²) in [6.07, 6.45) is 0. The number of anilines is 1. The average molecular weight is 300 g/mol. The smallest absolute Gasteiger partial charge is 0.145 e. The highest BCUT2D eigenvalue weighted by Crippen LogP contribution is 2.31. The van der Waals surface area contributed by atoms with Crippen LogP contribution in [-0.2, 0) is 0 Å². The van der Waals surface area contributed by atoms with Gasteiger partial charge in [-0.2, -0.15) is 0 Å². The summed E-state index contributed by atoms with van der Waals surface area (Å²) in [5.74, 6) is 0.218. The van der Waals surface area contributed by atoms with Gasteiger partial charge in [-0.3, -0.25) is 0 Å². The number of halogens is 2. The van der Waals surface area contributed by atoms with Gasteiger partial charge in [-0.15, -0.1) is 11.3 Å². The van der Waals surface area contributed by atoms with Gasteiger partial charge in [0.15, 0.2) is 0 Å². The molecule has 1 heterocycles. The molecule has 2 nitrogen and oxygen atoms in total. The van der Waals surface area contributed by atoms with Crippen molar-refractivity contribution < 1.29 is 9.13 Å². The van der Waals surface area contributed by atoms with Crippen LogP contribution in [0.1, 0.15) is 25.5 Å². The fraction of sp³-hybridized carbons (Fsp3) is 0.286. The summed E-state index contributed by atoms with van der Waals surface area (Å²) in [6.45, 7) is 4.39. The van der Waals surface area contributed by atoms with Crippen LogP contribution in [0.5, 0.6) is 5.75 Å². The molecule has 1 aromatic carbocycles. The van der Waals surface area contributed by atoms with E-state index in [1.165, 1.54) is 23.5 Å². The number of nitrogens with one attached hydrogen (secondary N) is 1. The van der Waals surface area contributed by atoms with Crippen LogP contribution >= 0.6 is 22.9 Å². The van der Waals surface area contributed by atoms with E-state index in [4.69, 9.17) is 16.3 Å². The van der Waals surface area contributed by atoms with Crippen molar-refractivity contribution in [1.82, 2.24) is 0 Å². The molecule has 0 saturated carbocycles. The molecule has 0 amide bonds. The van der Waals surface area contributed by atoms with Gasteiger partial charge in [0.25, 0.3) is 0 Å². The summed E-state index contributed by atoms with van der Waals surface area (Å²) in [5, 5.41) is 5.31. The maximum Gasteiger partial charge on any atom is 0.145 e. The minimum atomic E-state index is -0.305. The van der Waals surface area contributed by atoms with Crippen LogP contribution < -0.4 is 10.1 Å². The van der Waals surface area contributed by atoms with Crippen LogP contribution in [0.4, 0.5) is 10.1 Å². The minimum absolute atomic E-state index is 0.0772. The molecule has 2 aromatic rings. The number of rotatable bonds is 5. The van der Waals surface area contributed by atoms with E-state index in [0.29, 0.717) is 12.4 Å². The standard InChI is InChI=1S/C14H15ClFNOS/c1-3-18-13-7-11(16)4-5-12(13)17-9(2)10-6-14(15)19-8-10/h4-9,17H,3H2,1-2H3. The fourth-order valence-electron chi connectivity index (χ4n) is 1.76. The lowest BCUT2D eigenvalue weighted by Crippen LogP contribution is -2.07. The lowest BCUT2D eigenvalue weighted by atomic mass is 10.1. The van der Waals surface area contributed by atoms with E-state index in [2.05, 4.69) is 5.32 Å². The molecule has 0 aliphatic rings. The molecule has 1 N–H and O–H groups in total. The van der Waals surface area contributed by atoms with E-state index in [9.17, 15) is 4.39 Å². The molecule has 19 heavy (non-hydrogen) atoms. The molecule has 0 radical (unpaired) electrons. The SMILES string of the molecule is CCOc1cc(F)ccc1NC(C)c1csc(Cl)c1. The summed E-state index contributed by atoms with van der Waals surface area (Å²) in [7, 11) is 0. The Morgan fingerprint density at radius 3 is 2.84 bits per heavy atom. The number of thiophene rings is 1. The van der Waals surface area contributed by atoms with E-state index >= 15 is 0 Å². The minimum Gasteiger partial charge on any atom is -0.492 e. The Labute approximate surface area is 121 Å². The predicted octanol–water partition coefficient (Wildman–Crippen LogP) is 5.11. The van der Waals surface area contributed by atoms with Gasteiger partial charge in [-0.05, 0) is 43.0 Å². The van der Waals surface area contributed by atoms with E-state index < -0.39 is 0 Å². The van der Waals surface area contributed by atoms with Crippen molar-refractivity contribution in [3.8, 4) is 5.75 Å². The molecule has 1 atom stereocenters. The summed E-state index contributed by atoms with van der Waals surface area (Å²) in [4.78, 5) is 0. The highest BCUT2D eigenvalue weighted by Gasteiger charge is 2.11. The number of benzene rings is 1. The van der Waals surface area contributed by atoms with Gasteiger partial charge < -0.3 is 10.1 Å². The first kappa shape index (κ1) is 14.2. The fourth-order valence-corrected chi connectivity index (χ4v) is 2.74. The maximum absolute atomic E-state index is 13.2. The zero-order chi connectivity index (χ0) is 13.8. The largest absolute Gasteiger partial charge is 0.492 e. The van der Waals surface area contributed by atoms with Crippen molar-refractivity contribution in [3.05, 3.63) is 45.4 Å². The Kier molecular flexibility index (Phi) is 4.66. The Balaban J connectivity index is 2.18. The molecule has 0 aliphatic heterocycles. The Hall–Kier alpha value is -1.26. The van der Waals surface area contributed by atoms with Gasteiger partial charge in [-0.25, -0.2) is 4.39 Å². The first-order valence-electron chi connectivity index (χ1n) is 6.03. The quantitative estimate of drug-likeness (QED) is 0.828. The molecule has 0 spiro atoms. The highest BCUT2D eigenvalue weighted by molar-refractivity contribution is 7.14. The average Bonchev–Trinajstić information content (AvgIpc) is 2.80. The first-order chi connectivity index (χ1) is 9.10. The van der Waals surface area contributed by atoms with Gasteiger partial charge in [0.2, 0.25) is 0 Å². The Morgan fingerprint density at radius 2 is 2.21 bits per heavy atom. The predicted molar refractivity (Wildman–Crippen MR) is 78.9 cm³/mol. The molecule has 1 unspecified atom stereocenters. The molecule has 2 rings (SSSR count). The van der Waals surface area contributed by atoms with Crippen molar-refractivity contribution in [2.75, 3.05) is 11.9 Å². The zero-order valence-corrected chi connectivity index (χ0v) is 12.3. The number of hydrogen-bond acceptors (Lipinski definition) is 3. The lowest BCUT2D eigenvalue weighted by Gasteiger charge is -2.17. The van der Waals surface area contributed by atoms with Crippen molar-refractivity contribution in [2.24, 2.45) is 0 Å². The van der Waals surface area contributed by atoms with Crippen LogP contribution in [0.15, 0.2) is 29.6 Å². The number of ether oxygens (including phenoxy) is 1. The molecular formula is C14H15ClFNOS. The van der Waals surface area contributed by atoms with Crippen LogP contribution in [-0.4, -0.2) is 6.61 Å². The van der Waals surface area contributed by atoms with Gasteiger partial charge in [-0.1, -0.05) is 11.6 Å². The molecule has 5 heteroatoms. The number of hydrogen-bond donors (Lipinski definition) is 1. The van der Waals surface area contributed by atoms with Crippen molar-refractivity contribution in [3.63, 3.8) is 0 Å². The molecule has 0 aliphatic carbocycles. The lowest BCUT2D eigenvalue weighted by molar-refractivity contribution is 0.339. The summed E-state index contributed by atoms with van der Waals surface area (Å²) in [6, 6.07) is 6.49. The van der Waals surface area contributed by atoms with E-state index in [1.807, 2.05) is 25.3 Å². The zero-order valence-electron chi connectivity index (χ0n) is 10.7. The van der Waals surface area contributed by atoms with E-state index in [1.54, 1.807) is 6.07 Å². The van der Waals surface area contributed by atoms with Crippen molar-refractivity contribution >= 4 is 28.6 Å². The van der Waals surface area contributed by atoms with Crippen LogP contribution in [0.2, 0.25) is 4.34 Å². The van der Waals surface area contributed by atoms with Crippen molar-refractivity contribution in [2.45, 2.75) is 19.9 Å². The third-order valence-corrected chi connectivity index (χ3v) is 3.81. The van der Waals surface area contributed by atoms with E-state index in [0.717, 1.165) is 15.6 Å². The second kappa shape index (κ2) is 6.26.